The highest BCUT2D eigenvalue weighted by Gasteiger charge is 2.19. The van der Waals surface area contributed by atoms with Crippen molar-refractivity contribution in [3.05, 3.63) is 28.2 Å². The zero-order valence-electron chi connectivity index (χ0n) is 8.20. The minimum atomic E-state index is -0.923. The van der Waals surface area contributed by atoms with E-state index in [0.717, 1.165) is 17.6 Å². The summed E-state index contributed by atoms with van der Waals surface area (Å²) in [4.78, 5) is 0. The topological polar surface area (TPSA) is 49.7 Å². The fraction of sp³-hybridized carbons (Fsp3) is 0.273. The number of ether oxygens (including phenoxy) is 1. The Hall–Kier alpha value is -1.00. The van der Waals surface area contributed by atoms with Crippen molar-refractivity contribution in [1.29, 1.82) is 0 Å². The van der Waals surface area contributed by atoms with Crippen molar-refractivity contribution < 1.29 is 14.9 Å². The smallest absolute Gasteiger partial charge is 0.217 e. The maximum absolute atomic E-state index is 9.49. The molecule has 0 saturated heterocycles. The Morgan fingerprint density at radius 1 is 1.47 bits per heavy atom. The number of aliphatic hydroxyl groups is 1. The van der Waals surface area contributed by atoms with Gasteiger partial charge in [0.2, 0.25) is 6.29 Å². The van der Waals surface area contributed by atoms with Gasteiger partial charge < -0.3 is 14.9 Å². The van der Waals surface area contributed by atoms with Gasteiger partial charge in [-0.15, -0.1) is 0 Å². The minimum absolute atomic E-state index is 0.110. The first-order valence-electron chi connectivity index (χ1n) is 4.70. The second-order valence-electron chi connectivity index (χ2n) is 3.35. The highest BCUT2D eigenvalue weighted by molar-refractivity contribution is 9.10. The van der Waals surface area contributed by atoms with Gasteiger partial charge in [-0.05, 0) is 40.1 Å². The number of aliphatic hydroxyl groups excluding tert-OH is 1. The van der Waals surface area contributed by atoms with Crippen molar-refractivity contribution in [2.75, 3.05) is 0 Å². The van der Waals surface area contributed by atoms with Crippen LogP contribution in [-0.2, 0) is 0 Å². The third-order valence-corrected chi connectivity index (χ3v) is 3.00. The molecule has 2 N–H and O–H groups in total. The Morgan fingerprint density at radius 2 is 2.20 bits per heavy atom. The normalized spacial score (nSPS) is 19.1. The lowest BCUT2D eigenvalue weighted by Gasteiger charge is -2.22. The molecule has 0 radical (unpaired) electrons. The van der Waals surface area contributed by atoms with Gasteiger partial charge >= 0.3 is 0 Å². The second-order valence-corrected chi connectivity index (χ2v) is 4.21. The van der Waals surface area contributed by atoms with Gasteiger partial charge in [-0.1, -0.05) is 6.92 Å². The van der Waals surface area contributed by atoms with Crippen molar-refractivity contribution in [2.45, 2.75) is 19.6 Å². The maximum Gasteiger partial charge on any atom is 0.217 e. The summed E-state index contributed by atoms with van der Waals surface area (Å²) in [5.41, 5.74) is 1.93. The van der Waals surface area contributed by atoms with E-state index >= 15 is 0 Å². The van der Waals surface area contributed by atoms with Crippen LogP contribution in [0.15, 0.2) is 22.7 Å². The Balaban J connectivity index is 2.56. The van der Waals surface area contributed by atoms with Crippen LogP contribution in [0.2, 0.25) is 0 Å². The van der Waals surface area contributed by atoms with Crippen LogP contribution in [0.25, 0.3) is 5.57 Å². The van der Waals surface area contributed by atoms with Crippen LogP contribution in [0.5, 0.6) is 11.5 Å². The van der Waals surface area contributed by atoms with Crippen molar-refractivity contribution in [1.82, 2.24) is 0 Å². The molecular formula is C11H11BrO3. The number of benzene rings is 1. The molecule has 1 atom stereocenters. The summed E-state index contributed by atoms with van der Waals surface area (Å²) in [6.45, 7) is 2.01. The highest BCUT2D eigenvalue weighted by atomic mass is 79.9. The lowest BCUT2D eigenvalue weighted by atomic mass is 10.00. The number of aromatic hydroxyl groups is 1. The van der Waals surface area contributed by atoms with E-state index < -0.39 is 6.29 Å². The summed E-state index contributed by atoms with van der Waals surface area (Å²) in [5.74, 6) is 0.626. The third-order valence-electron chi connectivity index (χ3n) is 2.37. The first-order valence-corrected chi connectivity index (χ1v) is 5.49. The fourth-order valence-corrected chi connectivity index (χ4v) is 1.97. The molecule has 1 heterocycles. The summed E-state index contributed by atoms with van der Waals surface area (Å²) in [6.07, 6.45) is 1.56. The van der Waals surface area contributed by atoms with E-state index in [1.807, 2.05) is 6.92 Å². The maximum atomic E-state index is 9.49. The largest absolute Gasteiger partial charge is 0.507 e. The minimum Gasteiger partial charge on any atom is -0.507 e. The van der Waals surface area contributed by atoms with Crippen LogP contribution >= 0.6 is 15.9 Å². The zero-order chi connectivity index (χ0) is 11.0. The van der Waals surface area contributed by atoms with E-state index in [2.05, 4.69) is 15.9 Å². The van der Waals surface area contributed by atoms with Gasteiger partial charge in [0.15, 0.2) is 0 Å². The Morgan fingerprint density at radius 3 is 2.87 bits per heavy atom. The summed E-state index contributed by atoms with van der Waals surface area (Å²) in [7, 11) is 0. The summed E-state index contributed by atoms with van der Waals surface area (Å²) >= 11 is 3.25. The quantitative estimate of drug-likeness (QED) is 0.825. The van der Waals surface area contributed by atoms with Gasteiger partial charge in [-0.25, -0.2) is 0 Å². The molecule has 1 aliphatic heterocycles. The van der Waals surface area contributed by atoms with Crippen molar-refractivity contribution in [2.24, 2.45) is 0 Å². The zero-order valence-corrected chi connectivity index (χ0v) is 9.78. The van der Waals surface area contributed by atoms with Crippen LogP contribution in [0.4, 0.5) is 0 Å². The molecule has 1 aliphatic rings. The van der Waals surface area contributed by atoms with Crippen LogP contribution in [0, 0.1) is 0 Å². The lowest BCUT2D eigenvalue weighted by Crippen LogP contribution is -2.17. The average Bonchev–Trinajstić information content (AvgIpc) is 2.19. The number of fused-ring (bicyclic) bond motifs is 1. The molecule has 0 bridgehead atoms. The molecular weight excluding hydrogens is 260 g/mol. The third kappa shape index (κ3) is 1.87. The van der Waals surface area contributed by atoms with Crippen molar-refractivity contribution in [3.63, 3.8) is 0 Å². The Bertz CT molecular complexity index is 426. The summed E-state index contributed by atoms with van der Waals surface area (Å²) in [5, 5.41) is 18.9. The van der Waals surface area contributed by atoms with Gasteiger partial charge in [0.05, 0.1) is 4.47 Å². The summed E-state index contributed by atoms with van der Waals surface area (Å²) < 4.78 is 5.82. The summed E-state index contributed by atoms with van der Waals surface area (Å²) in [6, 6.07) is 3.30. The molecule has 2 rings (SSSR count). The fourth-order valence-electron chi connectivity index (χ4n) is 1.63. The molecule has 0 spiro atoms. The number of phenols is 1. The van der Waals surface area contributed by atoms with Gasteiger partial charge in [-0.2, -0.15) is 0 Å². The van der Waals surface area contributed by atoms with Crippen LogP contribution in [0.3, 0.4) is 0 Å². The molecule has 1 aromatic carbocycles. The number of rotatable bonds is 1. The molecule has 15 heavy (non-hydrogen) atoms. The van der Waals surface area contributed by atoms with Crippen LogP contribution in [-0.4, -0.2) is 16.5 Å². The van der Waals surface area contributed by atoms with E-state index in [1.165, 1.54) is 6.07 Å². The molecule has 0 fully saturated rings. The second kappa shape index (κ2) is 3.87. The molecule has 1 unspecified atom stereocenters. The SMILES string of the molecule is CCC1=CC(O)Oc2cc(O)c(Br)cc21. The number of hydrogen-bond donors (Lipinski definition) is 2. The monoisotopic (exact) mass is 270 g/mol. The number of phenolic OH excluding ortho intramolecular Hbond substituents is 1. The van der Waals surface area contributed by atoms with E-state index in [9.17, 15) is 10.2 Å². The van der Waals surface area contributed by atoms with E-state index in [-0.39, 0.29) is 5.75 Å². The van der Waals surface area contributed by atoms with Gasteiger partial charge in [0.25, 0.3) is 0 Å². The highest BCUT2D eigenvalue weighted by Crippen LogP contribution is 2.39. The molecule has 0 amide bonds. The molecule has 0 saturated carbocycles. The van der Waals surface area contributed by atoms with E-state index in [0.29, 0.717) is 10.2 Å². The Labute approximate surface area is 96.1 Å². The van der Waals surface area contributed by atoms with E-state index in [4.69, 9.17) is 4.74 Å². The molecule has 80 valence electrons. The average molecular weight is 271 g/mol. The lowest BCUT2D eigenvalue weighted by molar-refractivity contribution is 0.0222. The van der Waals surface area contributed by atoms with Crippen LogP contribution < -0.4 is 4.74 Å². The van der Waals surface area contributed by atoms with Gasteiger partial charge in [-0.3, -0.25) is 0 Å². The van der Waals surface area contributed by atoms with E-state index in [1.54, 1.807) is 12.1 Å². The molecule has 3 nitrogen and oxygen atoms in total. The standard InChI is InChI=1S/C11H11BrO3/c1-2-6-3-11(14)15-10-5-9(13)8(12)4-7(6)10/h3-5,11,13-14H,2H2,1H3. The molecule has 0 aliphatic carbocycles. The molecule has 4 heteroatoms. The predicted molar refractivity (Wildman–Crippen MR) is 60.7 cm³/mol. The van der Waals surface area contributed by atoms with Crippen molar-refractivity contribution >= 4 is 21.5 Å². The number of halogens is 1. The molecule has 0 aromatic heterocycles. The van der Waals surface area contributed by atoms with Gasteiger partial charge in [0, 0.05) is 11.6 Å². The number of allylic oxidation sites excluding steroid dienone is 1. The number of hydrogen-bond acceptors (Lipinski definition) is 3. The van der Waals surface area contributed by atoms with Crippen molar-refractivity contribution in [3.8, 4) is 11.5 Å². The molecule has 1 aromatic rings. The van der Waals surface area contributed by atoms with Gasteiger partial charge in [0.1, 0.15) is 11.5 Å². The first kappa shape index (κ1) is 10.5. The van der Waals surface area contributed by atoms with Crippen LogP contribution in [0.1, 0.15) is 18.9 Å². The Kier molecular flexibility index (Phi) is 2.71. The predicted octanol–water partition coefficient (Wildman–Crippen LogP) is 2.66. The first-order chi connectivity index (χ1) is 7.11.